The molecule has 0 radical (unpaired) electrons. The fraction of sp³-hybridized carbons (Fsp3) is 0.231. The van der Waals surface area contributed by atoms with E-state index < -0.39 is 0 Å². The molecule has 0 bridgehead atoms. The van der Waals surface area contributed by atoms with Crippen LogP contribution in [0, 0.1) is 0 Å². The van der Waals surface area contributed by atoms with Gasteiger partial charge in [-0.1, -0.05) is 6.07 Å². The van der Waals surface area contributed by atoms with Gasteiger partial charge < -0.3 is 11.1 Å². The van der Waals surface area contributed by atoms with Crippen LogP contribution in [0.4, 0.5) is 5.69 Å². The highest BCUT2D eigenvalue weighted by molar-refractivity contribution is 5.99. The number of aromatic nitrogens is 2. The van der Waals surface area contributed by atoms with Crippen LogP contribution >= 0.6 is 0 Å². The Morgan fingerprint density at radius 1 is 1.33 bits per heavy atom. The highest BCUT2D eigenvalue weighted by Crippen LogP contribution is 2.28. The van der Waals surface area contributed by atoms with Crippen molar-refractivity contribution < 1.29 is 4.79 Å². The van der Waals surface area contributed by atoms with Crippen molar-refractivity contribution in [3.05, 3.63) is 35.5 Å². The minimum absolute atomic E-state index is 0.0491. The van der Waals surface area contributed by atoms with E-state index in [4.69, 9.17) is 5.73 Å². The zero-order valence-corrected chi connectivity index (χ0v) is 9.86. The highest BCUT2D eigenvalue weighted by atomic mass is 16.1. The van der Waals surface area contributed by atoms with Crippen LogP contribution < -0.4 is 11.1 Å². The molecule has 3 rings (SSSR count). The summed E-state index contributed by atoms with van der Waals surface area (Å²) in [7, 11) is 0. The standard InChI is InChI=1S/C13H14N4O/c14-4-3-10-7-12(17-16-10)8-1-2-11-9(5-8)6-13(18)15-11/h1-2,5,7H,3-4,6,14H2,(H,15,18)(H,16,17). The van der Waals surface area contributed by atoms with Gasteiger partial charge in [0, 0.05) is 23.4 Å². The third-order valence-electron chi connectivity index (χ3n) is 3.07. The highest BCUT2D eigenvalue weighted by Gasteiger charge is 2.18. The molecule has 18 heavy (non-hydrogen) atoms. The fourth-order valence-electron chi connectivity index (χ4n) is 2.18. The first kappa shape index (κ1) is 11.0. The maximum Gasteiger partial charge on any atom is 0.228 e. The van der Waals surface area contributed by atoms with Crippen molar-refractivity contribution in [2.75, 3.05) is 11.9 Å². The Kier molecular flexibility index (Phi) is 2.60. The van der Waals surface area contributed by atoms with Gasteiger partial charge in [-0.25, -0.2) is 0 Å². The molecule has 0 aliphatic carbocycles. The molecule has 2 aromatic rings. The van der Waals surface area contributed by atoms with Gasteiger partial charge in [-0.15, -0.1) is 0 Å². The number of aromatic amines is 1. The molecule has 2 heterocycles. The van der Waals surface area contributed by atoms with Gasteiger partial charge in [0.15, 0.2) is 0 Å². The Morgan fingerprint density at radius 3 is 3.06 bits per heavy atom. The molecule has 92 valence electrons. The van der Waals surface area contributed by atoms with Crippen LogP contribution in [0.1, 0.15) is 11.3 Å². The van der Waals surface area contributed by atoms with Crippen molar-refractivity contribution in [2.45, 2.75) is 12.8 Å². The number of H-pyrrole nitrogens is 1. The third-order valence-corrected chi connectivity index (χ3v) is 3.07. The number of benzene rings is 1. The topological polar surface area (TPSA) is 83.8 Å². The number of carbonyl (C=O) groups excluding carboxylic acids is 1. The lowest BCUT2D eigenvalue weighted by molar-refractivity contribution is -0.115. The molecule has 0 saturated heterocycles. The van der Waals surface area contributed by atoms with Crippen LogP contribution in [0.2, 0.25) is 0 Å². The minimum atomic E-state index is 0.0491. The average molecular weight is 242 g/mol. The van der Waals surface area contributed by atoms with Gasteiger partial charge in [-0.3, -0.25) is 9.89 Å². The molecule has 0 atom stereocenters. The van der Waals surface area contributed by atoms with E-state index in [1.165, 1.54) is 0 Å². The molecule has 1 amide bonds. The Labute approximate surface area is 104 Å². The van der Waals surface area contributed by atoms with Crippen molar-refractivity contribution in [3.63, 3.8) is 0 Å². The molecule has 1 aliphatic rings. The lowest BCUT2D eigenvalue weighted by Gasteiger charge is -2.00. The Hall–Kier alpha value is -2.14. The molecular weight excluding hydrogens is 228 g/mol. The quantitative estimate of drug-likeness (QED) is 0.752. The summed E-state index contributed by atoms with van der Waals surface area (Å²) in [4.78, 5) is 11.3. The summed E-state index contributed by atoms with van der Waals surface area (Å²) in [5.74, 6) is 0.0491. The van der Waals surface area contributed by atoms with Crippen LogP contribution in [-0.4, -0.2) is 22.6 Å². The van der Waals surface area contributed by atoms with E-state index in [0.717, 1.165) is 34.6 Å². The molecule has 0 fully saturated rings. The van der Waals surface area contributed by atoms with Crippen molar-refractivity contribution in [3.8, 4) is 11.3 Å². The van der Waals surface area contributed by atoms with Crippen LogP contribution in [0.15, 0.2) is 24.3 Å². The molecule has 1 aromatic heterocycles. The summed E-state index contributed by atoms with van der Waals surface area (Å²) in [5.41, 5.74) is 10.4. The summed E-state index contributed by atoms with van der Waals surface area (Å²) in [6, 6.07) is 7.90. The number of fused-ring (bicyclic) bond motifs is 1. The molecule has 0 saturated carbocycles. The first-order valence-electron chi connectivity index (χ1n) is 5.94. The van der Waals surface area contributed by atoms with Crippen molar-refractivity contribution in [1.29, 1.82) is 0 Å². The smallest absolute Gasteiger partial charge is 0.228 e. The second-order valence-corrected chi connectivity index (χ2v) is 4.41. The molecular formula is C13H14N4O. The number of amides is 1. The second kappa shape index (κ2) is 4.27. The van der Waals surface area contributed by atoms with E-state index in [9.17, 15) is 4.79 Å². The summed E-state index contributed by atoms with van der Waals surface area (Å²) in [6.45, 7) is 0.601. The zero-order chi connectivity index (χ0) is 12.5. The molecule has 5 heteroatoms. The number of nitrogens with one attached hydrogen (secondary N) is 2. The summed E-state index contributed by atoms with van der Waals surface area (Å²) < 4.78 is 0. The predicted molar refractivity (Wildman–Crippen MR) is 69.1 cm³/mol. The van der Waals surface area contributed by atoms with Gasteiger partial charge in [-0.2, -0.15) is 5.10 Å². The average Bonchev–Trinajstić information content (AvgIpc) is 2.93. The number of anilines is 1. The van der Waals surface area contributed by atoms with E-state index >= 15 is 0 Å². The summed E-state index contributed by atoms with van der Waals surface area (Å²) in [5, 5.41) is 10.1. The Morgan fingerprint density at radius 2 is 2.22 bits per heavy atom. The van der Waals surface area contributed by atoms with E-state index in [1.54, 1.807) is 0 Å². The molecule has 0 spiro atoms. The lowest BCUT2D eigenvalue weighted by Crippen LogP contribution is -2.03. The zero-order valence-electron chi connectivity index (χ0n) is 9.86. The largest absolute Gasteiger partial charge is 0.330 e. The van der Waals surface area contributed by atoms with Crippen LogP contribution in [0.25, 0.3) is 11.3 Å². The SMILES string of the molecule is NCCc1cc(-c2ccc3c(c2)CC(=O)N3)n[nH]1. The van der Waals surface area contributed by atoms with Gasteiger partial charge in [0.05, 0.1) is 12.1 Å². The van der Waals surface area contributed by atoms with Crippen LogP contribution in [0.5, 0.6) is 0 Å². The van der Waals surface area contributed by atoms with Gasteiger partial charge in [0.25, 0.3) is 0 Å². The fourth-order valence-corrected chi connectivity index (χ4v) is 2.18. The van der Waals surface area contributed by atoms with E-state index in [0.29, 0.717) is 13.0 Å². The minimum Gasteiger partial charge on any atom is -0.330 e. The van der Waals surface area contributed by atoms with Gasteiger partial charge >= 0.3 is 0 Å². The van der Waals surface area contributed by atoms with Crippen molar-refractivity contribution in [2.24, 2.45) is 5.73 Å². The number of nitrogens with two attached hydrogens (primary N) is 1. The van der Waals surface area contributed by atoms with Crippen LogP contribution in [0.3, 0.4) is 0 Å². The monoisotopic (exact) mass is 242 g/mol. The molecule has 1 aromatic carbocycles. The number of hydrogen-bond acceptors (Lipinski definition) is 3. The van der Waals surface area contributed by atoms with E-state index in [-0.39, 0.29) is 5.91 Å². The third kappa shape index (κ3) is 1.89. The number of nitrogens with zero attached hydrogens (tertiary/aromatic N) is 1. The van der Waals surface area contributed by atoms with Gasteiger partial charge in [0.1, 0.15) is 0 Å². The second-order valence-electron chi connectivity index (χ2n) is 4.41. The van der Waals surface area contributed by atoms with Crippen molar-refractivity contribution >= 4 is 11.6 Å². The summed E-state index contributed by atoms with van der Waals surface area (Å²) >= 11 is 0. The maximum absolute atomic E-state index is 11.3. The van der Waals surface area contributed by atoms with E-state index in [2.05, 4.69) is 15.5 Å². The Balaban J connectivity index is 1.92. The normalized spacial score (nSPS) is 13.5. The van der Waals surface area contributed by atoms with E-state index in [1.807, 2.05) is 24.3 Å². The first-order valence-corrected chi connectivity index (χ1v) is 5.94. The maximum atomic E-state index is 11.3. The number of rotatable bonds is 3. The molecule has 4 N–H and O–H groups in total. The van der Waals surface area contributed by atoms with Crippen LogP contribution in [-0.2, 0) is 17.6 Å². The first-order chi connectivity index (χ1) is 8.76. The number of carbonyl (C=O) groups is 1. The number of hydrogen-bond donors (Lipinski definition) is 3. The predicted octanol–water partition coefficient (Wildman–Crippen LogP) is 1.07. The van der Waals surface area contributed by atoms with Crippen molar-refractivity contribution in [1.82, 2.24) is 10.2 Å². The van der Waals surface area contributed by atoms with Gasteiger partial charge in [0.2, 0.25) is 5.91 Å². The molecule has 1 aliphatic heterocycles. The van der Waals surface area contributed by atoms with Gasteiger partial charge in [-0.05, 0) is 30.3 Å². The lowest BCUT2D eigenvalue weighted by atomic mass is 10.1. The Bertz CT molecular complexity index is 603. The summed E-state index contributed by atoms with van der Waals surface area (Å²) in [6.07, 6.45) is 1.24. The molecule has 5 nitrogen and oxygen atoms in total. The molecule has 0 unspecified atom stereocenters.